The Balaban J connectivity index is 3.21. The van der Waals surface area contributed by atoms with Crippen LogP contribution in [0.25, 0.3) is 0 Å². The van der Waals surface area contributed by atoms with Crippen LogP contribution in [0.2, 0.25) is 0 Å². The van der Waals surface area contributed by atoms with Crippen molar-refractivity contribution in [2.24, 2.45) is 10.8 Å². The third kappa shape index (κ3) is 29.2. The highest BCUT2D eigenvalue weighted by atomic mass is 16.6. The van der Waals surface area contributed by atoms with Crippen molar-refractivity contribution in [1.82, 2.24) is 5.32 Å². The first-order valence-corrected chi connectivity index (χ1v) is 12.4. The van der Waals surface area contributed by atoms with Crippen LogP contribution in [-0.2, 0) is 38.0 Å². The van der Waals surface area contributed by atoms with Crippen molar-refractivity contribution in [3.63, 3.8) is 0 Å². The molecule has 0 aromatic heterocycles. The number of rotatable bonds is 23. The topological polar surface area (TPSA) is 93.7 Å². The van der Waals surface area contributed by atoms with Crippen molar-refractivity contribution in [3.8, 4) is 0 Å². The highest BCUT2D eigenvalue weighted by molar-refractivity contribution is 5.77. The Labute approximate surface area is 207 Å². The maximum Gasteiger partial charge on any atom is 0.246 e. The maximum absolute atomic E-state index is 11.7. The lowest BCUT2D eigenvalue weighted by Gasteiger charge is -2.17. The van der Waals surface area contributed by atoms with E-state index in [0.717, 1.165) is 19.6 Å². The van der Waals surface area contributed by atoms with Gasteiger partial charge in [0.2, 0.25) is 5.91 Å². The summed E-state index contributed by atoms with van der Waals surface area (Å²) in [6, 6.07) is 0. The highest BCUT2D eigenvalue weighted by Crippen LogP contribution is 2.17. The van der Waals surface area contributed by atoms with Gasteiger partial charge in [0.05, 0.1) is 79.3 Å². The molecule has 1 amide bonds. The monoisotopic (exact) mass is 493 g/mol. The average molecular weight is 494 g/mol. The molecular formula is C25H51NO8. The standard InChI is InChI=1S/C25H51NO8/c1-24(2,3)7-9-28-11-12-29-10-8-26-23(27)21-33-19-17-31-15-13-30-14-16-32-18-20-34-22-25(4,5)6/h7-22H2,1-6H3,(H,26,27). The molecule has 0 atom stereocenters. The van der Waals surface area contributed by atoms with Crippen molar-refractivity contribution in [2.45, 2.75) is 48.0 Å². The van der Waals surface area contributed by atoms with Gasteiger partial charge in [-0.3, -0.25) is 4.79 Å². The molecule has 0 aliphatic carbocycles. The third-order valence-corrected chi connectivity index (χ3v) is 4.19. The van der Waals surface area contributed by atoms with Crippen LogP contribution in [0.15, 0.2) is 0 Å². The van der Waals surface area contributed by atoms with Crippen LogP contribution < -0.4 is 5.32 Å². The first kappa shape index (κ1) is 33.2. The normalized spacial score (nSPS) is 12.3. The SMILES string of the molecule is CC(C)(C)CCOCCOCCNC(=O)COCCOCCOCCOCCOCC(C)(C)C. The Kier molecular flexibility index (Phi) is 21.0. The molecule has 0 aromatic carbocycles. The summed E-state index contributed by atoms with van der Waals surface area (Å²) in [6.07, 6.45) is 1.02. The van der Waals surface area contributed by atoms with Gasteiger partial charge in [-0.05, 0) is 17.3 Å². The van der Waals surface area contributed by atoms with Crippen LogP contribution >= 0.6 is 0 Å². The molecule has 0 rings (SSSR count). The van der Waals surface area contributed by atoms with Crippen LogP contribution in [-0.4, -0.2) is 105 Å². The van der Waals surface area contributed by atoms with E-state index in [0.29, 0.717) is 79.2 Å². The van der Waals surface area contributed by atoms with Crippen molar-refractivity contribution in [2.75, 3.05) is 99.0 Å². The summed E-state index contributed by atoms with van der Waals surface area (Å²) in [6.45, 7) is 20.4. The zero-order chi connectivity index (χ0) is 25.5. The minimum atomic E-state index is -0.169. The summed E-state index contributed by atoms with van der Waals surface area (Å²) in [7, 11) is 0. The number of hydrogen-bond acceptors (Lipinski definition) is 8. The van der Waals surface area contributed by atoms with Gasteiger partial charge in [0, 0.05) is 13.2 Å². The first-order valence-electron chi connectivity index (χ1n) is 12.4. The van der Waals surface area contributed by atoms with Gasteiger partial charge in [-0.2, -0.15) is 0 Å². The van der Waals surface area contributed by atoms with E-state index in [1.54, 1.807) is 0 Å². The molecule has 0 bridgehead atoms. The van der Waals surface area contributed by atoms with Crippen molar-refractivity contribution in [3.05, 3.63) is 0 Å². The molecule has 204 valence electrons. The smallest absolute Gasteiger partial charge is 0.246 e. The van der Waals surface area contributed by atoms with Crippen molar-refractivity contribution >= 4 is 5.91 Å². The van der Waals surface area contributed by atoms with Gasteiger partial charge < -0.3 is 38.5 Å². The predicted octanol–water partition coefficient (Wildman–Crippen LogP) is 2.70. The van der Waals surface area contributed by atoms with Gasteiger partial charge in [0.25, 0.3) is 0 Å². The third-order valence-electron chi connectivity index (χ3n) is 4.19. The van der Waals surface area contributed by atoms with E-state index in [4.69, 9.17) is 33.2 Å². The molecule has 9 nitrogen and oxygen atoms in total. The zero-order valence-electron chi connectivity index (χ0n) is 22.6. The molecule has 0 saturated heterocycles. The molecule has 0 saturated carbocycles. The number of carbonyl (C=O) groups excluding carboxylic acids is 1. The molecule has 34 heavy (non-hydrogen) atoms. The number of amides is 1. The van der Waals surface area contributed by atoms with Crippen LogP contribution in [0.3, 0.4) is 0 Å². The van der Waals surface area contributed by atoms with Crippen molar-refractivity contribution in [1.29, 1.82) is 0 Å². The van der Waals surface area contributed by atoms with E-state index in [9.17, 15) is 4.79 Å². The molecule has 0 radical (unpaired) electrons. The molecule has 0 spiro atoms. The van der Waals surface area contributed by atoms with Gasteiger partial charge in [-0.1, -0.05) is 41.5 Å². The number of nitrogens with one attached hydrogen (secondary N) is 1. The van der Waals surface area contributed by atoms with Gasteiger partial charge in [0.15, 0.2) is 0 Å². The molecule has 0 aromatic rings. The minimum absolute atomic E-state index is 0.00653. The first-order chi connectivity index (χ1) is 16.1. The Bertz CT molecular complexity index is 463. The van der Waals surface area contributed by atoms with Crippen LogP contribution in [0, 0.1) is 10.8 Å². The van der Waals surface area contributed by atoms with E-state index in [1.165, 1.54) is 0 Å². The summed E-state index contributed by atoms with van der Waals surface area (Å²) in [5.74, 6) is -0.169. The van der Waals surface area contributed by atoms with E-state index in [2.05, 4.69) is 46.9 Å². The predicted molar refractivity (Wildman–Crippen MR) is 132 cm³/mol. The number of carbonyl (C=O) groups is 1. The van der Waals surface area contributed by atoms with E-state index in [1.807, 2.05) is 0 Å². The summed E-state index contributed by atoms with van der Waals surface area (Å²) < 4.78 is 38.0. The second-order valence-electron chi connectivity index (χ2n) is 10.4. The summed E-state index contributed by atoms with van der Waals surface area (Å²) in [5, 5.41) is 2.75. The molecule has 0 aliphatic heterocycles. The second-order valence-corrected chi connectivity index (χ2v) is 10.4. The minimum Gasteiger partial charge on any atom is -0.379 e. The largest absolute Gasteiger partial charge is 0.379 e. The quantitative estimate of drug-likeness (QED) is 0.217. The van der Waals surface area contributed by atoms with Gasteiger partial charge in [-0.25, -0.2) is 0 Å². The summed E-state index contributed by atoms with van der Waals surface area (Å²) in [5.41, 5.74) is 0.461. The Morgan fingerprint density at radius 1 is 0.529 bits per heavy atom. The Hall–Kier alpha value is -0.810. The molecular weight excluding hydrogens is 442 g/mol. The molecule has 9 heteroatoms. The maximum atomic E-state index is 11.7. The number of hydrogen-bond donors (Lipinski definition) is 1. The van der Waals surface area contributed by atoms with Gasteiger partial charge in [0.1, 0.15) is 6.61 Å². The fourth-order valence-electron chi connectivity index (χ4n) is 2.33. The highest BCUT2D eigenvalue weighted by Gasteiger charge is 2.10. The lowest BCUT2D eigenvalue weighted by molar-refractivity contribution is -0.126. The molecule has 0 unspecified atom stereocenters. The Morgan fingerprint density at radius 3 is 1.41 bits per heavy atom. The van der Waals surface area contributed by atoms with E-state index < -0.39 is 0 Å². The zero-order valence-corrected chi connectivity index (χ0v) is 22.6. The van der Waals surface area contributed by atoms with Crippen LogP contribution in [0.4, 0.5) is 0 Å². The van der Waals surface area contributed by atoms with Crippen LogP contribution in [0.1, 0.15) is 48.0 Å². The fraction of sp³-hybridized carbons (Fsp3) is 0.960. The second kappa shape index (κ2) is 21.5. The average Bonchev–Trinajstić information content (AvgIpc) is 2.73. The molecule has 0 heterocycles. The Morgan fingerprint density at radius 2 is 0.941 bits per heavy atom. The van der Waals surface area contributed by atoms with E-state index >= 15 is 0 Å². The molecule has 0 aliphatic rings. The lowest BCUT2D eigenvalue weighted by atomic mass is 9.93. The van der Waals surface area contributed by atoms with E-state index in [-0.39, 0.29) is 23.3 Å². The van der Waals surface area contributed by atoms with Crippen LogP contribution in [0.5, 0.6) is 0 Å². The summed E-state index contributed by atoms with van der Waals surface area (Å²) in [4.78, 5) is 11.7. The van der Waals surface area contributed by atoms with Gasteiger partial charge >= 0.3 is 0 Å². The lowest BCUT2D eigenvalue weighted by Crippen LogP contribution is -2.31. The molecule has 1 N–H and O–H groups in total. The summed E-state index contributed by atoms with van der Waals surface area (Å²) >= 11 is 0. The van der Waals surface area contributed by atoms with Gasteiger partial charge in [-0.15, -0.1) is 0 Å². The number of ether oxygens (including phenoxy) is 7. The molecule has 0 fully saturated rings. The fourth-order valence-corrected chi connectivity index (χ4v) is 2.33. The van der Waals surface area contributed by atoms with Crippen molar-refractivity contribution < 1.29 is 38.0 Å².